The van der Waals surface area contributed by atoms with Crippen molar-refractivity contribution in [2.45, 2.75) is 83.5 Å². The molecule has 0 aliphatic carbocycles. The van der Waals surface area contributed by atoms with Gasteiger partial charge in [0.1, 0.15) is 30.5 Å². The van der Waals surface area contributed by atoms with E-state index in [0.29, 0.717) is 30.8 Å². The number of urea groups is 1. The highest BCUT2D eigenvalue weighted by Gasteiger charge is 2.33. The molecule has 0 radical (unpaired) electrons. The molecule has 15 heteroatoms. The number of benzene rings is 2. The summed E-state index contributed by atoms with van der Waals surface area (Å²) in [6.45, 7) is 4.87. The molecule has 0 bridgehead atoms. The van der Waals surface area contributed by atoms with Crippen LogP contribution in [0.2, 0.25) is 0 Å². The molecule has 4 amide bonds. The lowest BCUT2D eigenvalue weighted by Gasteiger charge is -2.28. The standard InChI is InChI=1S/C40H49N7O8/c1-27(2)22-33(44-40(51)46-20-10-4-5-11-21-46)37(48)42-34(23-29-25-45(3)36-14-7-6-13-32(29)36)38(49)43-35(24-30-12-8-9-19-41-30)39(50)55-31-17-15-28(16-18-31)26-54-47(52)53/h6-9,12-19,25,27,33-35H,4-5,10-11,20-24,26H2,1-3H3,(H,42,48)(H,43,49)(H,44,51). The van der Waals surface area contributed by atoms with Crippen molar-refractivity contribution in [1.82, 2.24) is 30.4 Å². The quantitative estimate of drug-likeness (QED) is 0.0634. The summed E-state index contributed by atoms with van der Waals surface area (Å²) in [7, 11) is 1.90. The first-order valence-electron chi connectivity index (χ1n) is 18.6. The second-order valence-corrected chi connectivity index (χ2v) is 14.2. The van der Waals surface area contributed by atoms with Crippen LogP contribution >= 0.6 is 0 Å². The molecule has 1 aliphatic heterocycles. The normalized spacial score (nSPS) is 14.7. The molecule has 0 saturated carbocycles. The maximum absolute atomic E-state index is 14.4. The molecule has 2 aromatic carbocycles. The van der Waals surface area contributed by atoms with Crippen molar-refractivity contribution in [2.75, 3.05) is 13.1 Å². The molecule has 3 heterocycles. The predicted molar refractivity (Wildman–Crippen MR) is 204 cm³/mol. The molecule has 55 heavy (non-hydrogen) atoms. The van der Waals surface area contributed by atoms with Crippen LogP contribution in [0, 0.1) is 16.0 Å². The van der Waals surface area contributed by atoms with Crippen LogP contribution in [-0.4, -0.2) is 74.6 Å². The minimum absolute atomic E-state index is 0.0169. The maximum Gasteiger partial charge on any atom is 0.334 e. The van der Waals surface area contributed by atoms with Gasteiger partial charge in [-0.15, -0.1) is 10.1 Å². The number of fused-ring (bicyclic) bond motifs is 1. The van der Waals surface area contributed by atoms with E-state index in [9.17, 15) is 29.3 Å². The van der Waals surface area contributed by atoms with Crippen molar-refractivity contribution in [3.05, 3.63) is 106 Å². The number of amides is 4. The van der Waals surface area contributed by atoms with E-state index in [4.69, 9.17) is 4.74 Å². The lowest BCUT2D eigenvalue weighted by atomic mass is 10.0. The number of carbonyl (C=O) groups is 4. The van der Waals surface area contributed by atoms with E-state index in [2.05, 4.69) is 25.8 Å². The number of nitrogens with zero attached hydrogens (tertiary/aromatic N) is 4. The van der Waals surface area contributed by atoms with Gasteiger partial charge in [-0.2, -0.15) is 0 Å². The smallest absolute Gasteiger partial charge is 0.334 e. The van der Waals surface area contributed by atoms with Crippen LogP contribution in [0.1, 0.15) is 62.8 Å². The number of para-hydroxylation sites is 1. The van der Waals surface area contributed by atoms with Gasteiger partial charge >= 0.3 is 12.0 Å². The third-order valence-corrected chi connectivity index (χ3v) is 9.47. The molecule has 1 saturated heterocycles. The summed E-state index contributed by atoms with van der Waals surface area (Å²) in [4.78, 5) is 76.7. The summed E-state index contributed by atoms with van der Waals surface area (Å²) in [6, 6.07) is 15.3. The van der Waals surface area contributed by atoms with Crippen molar-refractivity contribution in [3.63, 3.8) is 0 Å². The maximum atomic E-state index is 14.4. The van der Waals surface area contributed by atoms with E-state index < -0.39 is 41.0 Å². The number of pyridine rings is 1. The Hall–Kier alpha value is -5.99. The Balaban J connectivity index is 1.40. The SMILES string of the molecule is CC(C)CC(NC(=O)N1CCCCCC1)C(=O)NC(Cc1cn(C)c2ccccc12)C(=O)NC(Cc1ccccn1)C(=O)Oc1ccc(CO[N+](=O)[O-])cc1. The van der Waals surface area contributed by atoms with Gasteiger partial charge in [0.2, 0.25) is 11.8 Å². The molecule has 5 rings (SSSR count). The highest BCUT2D eigenvalue weighted by atomic mass is 16.9. The fourth-order valence-corrected chi connectivity index (χ4v) is 6.67. The molecule has 4 aromatic rings. The van der Waals surface area contributed by atoms with Gasteiger partial charge in [-0.1, -0.05) is 63.1 Å². The van der Waals surface area contributed by atoms with E-state index in [1.807, 2.05) is 55.9 Å². The summed E-state index contributed by atoms with van der Waals surface area (Å²) < 4.78 is 7.61. The Kier molecular flexibility index (Phi) is 14.2. The highest BCUT2D eigenvalue weighted by molar-refractivity contribution is 5.94. The van der Waals surface area contributed by atoms with Crippen LogP contribution < -0.4 is 20.7 Å². The van der Waals surface area contributed by atoms with E-state index in [1.54, 1.807) is 29.3 Å². The fraction of sp³-hybridized carbons (Fsp3) is 0.425. The number of esters is 1. The van der Waals surface area contributed by atoms with Crippen LogP contribution in [0.15, 0.2) is 79.1 Å². The number of likely N-dealkylation sites (tertiary alicyclic amines) is 1. The Bertz CT molecular complexity index is 1920. The first-order valence-corrected chi connectivity index (χ1v) is 18.6. The average molecular weight is 756 g/mol. The second-order valence-electron chi connectivity index (χ2n) is 14.2. The third-order valence-electron chi connectivity index (χ3n) is 9.47. The minimum Gasteiger partial charge on any atom is -0.425 e. The molecule has 292 valence electrons. The van der Waals surface area contributed by atoms with E-state index in [-0.39, 0.29) is 37.1 Å². The zero-order chi connectivity index (χ0) is 39.3. The number of ether oxygens (including phenoxy) is 1. The lowest BCUT2D eigenvalue weighted by molar-refractivity contribution is -0.763. The Labute approximate surface area is 319 Å². The number of aryl methyl sites for hydroxylation is 1. The van der Waals surface area contributed by atoms with E-state index in [0.717, 1.165) is 42.1 Å². The fourth-order valence-electron chi connectivity index (χ4n) is 6.67. The molecule has 3 unspecified atom stereocenters. The van der Waals surface area contributed by atoms with Gasteiger partial charge < -0.3 is 35.0 Å². The number of carbonyl (C=O) groups excluding carboxylic acids is 4. The second kappa shape index (κ2) is 19.4. The van der Waals surface area contributed by atoms with Gasteiger partial charge in [0.25, 0.3) is 5.09 Å². The zero-order valence-corrected chi connectivity index (χ0v) is 31.4. The van der Waals surface area contributed by atoms with Gasteiger partial charge in [-0.05, 0) is 66.6 Å². The van der Waals surface area contributed by atoms with Crippen molar-refractivity contribution >= 4 is 34.7 Å². The first kappa shape index (κ1) is 40.2. The topological polar surface area (TPSA) is 187 Å². The largest absolute Gasteiger partial charge is 0.425 e. The molecule has 15 nitrogen and oxygen atoms in total. The number of nitrogens with one attached hydrogen (secondary N) is 3. The summed E-state index contributed by atoms with van der Waals surface area (Å²) in [5, 5.41) is 19.3. The Morgan fingerprint density at radius 1 is 0.836 bits per heavy atom. The van der Waals surface area contributed by atoms with Gasteiger partial charge in [-0.25, -0.2) is 9.59 Å². The number of hydrogen-bond donors (Lipinski definition) is 3. The Morgan fingerprint density at radius 2 is 1.51 bits per heavy atom. The summed E-state index contributed by atoms with van der Waals surface area (Å²) in [6.07, 6.45) is 7.79. The van der Waals surface area contributed by atoms with Crippen molar-refractivity contribution in [3.8, 4) is 5.75 Å². The molecule has 2 aromatic heterocycles. The molecule has 3 atom stereocenters. The van der Waals surface area contributed by atoms with Crippen LogP contribution in [0.25, 0.3) is 10.9 Å². The van der Waals surface area contributed by atoms with Crippen LogP contribution in [0.5, 0.6) is 5.75 Å². The Morgan fingerprint density at radius 3 is 2.18 bits per heavy atom. The van der Waals surface area contributed by atoms with Gasteiger partial charge in [0.05, 0.1) is 0 Å². The minimum atomic E-state index is -1.22. The average Bonchev–Trinajstić information content (AvgIpc) is 3.30. The summed E-state index contributed by atoms with van der Waals surface area (Å²) >= 11 is 0. The number of hydrogen-bond acceptors (Lipinski definition) is 9. The number of rotatable bonds is 16. The zero-order valence-electron chi connectivity index (χ0n) is 31.4. The number of aromatic nitrogens is 2. The van der Waals surface area contributed by atoms with Gasteiger partial charge in [-0.3, -0.25) is 14.6 Å². The molecular formula is C40H49N7O8. The molecule has 1 fully saturated rings. The summed E-state index contributed by atoms with van der Waals surface area (Å²) in [5.74, 6) is -1.73. The van der Waals surface area contributed by atoms with Crippen LogP contribution in [0.4, 0.5) is 4.79 Å². The third kappa shape index (κ3) is 11.7. The van der Waals surface area contributed by atoms with Gasteiger partial charge in [0, 0.05) is 62.0 Å². The monoisotopic (exact) mass is 755 g/mol. The van der Waals surface area contributed by atoms with Crippen molar-refractivity contribution < 1.29 is 33.8 Å². The molecule has 3 N–H and O–H groups in total. The molecule has 1 aliphatic rings. The molecule has 0 spiro atoms. The summed E-state index contributed by atoms with van der Waals surface area (Å²) in [5.41, 5.74) is 2.75. The van der Waals surface area contributed by atoms with E-state index >= 15 is 0 Å². The van der Waals surface area contributed by atoms with Crippen LogP contribution in [0.3, 0.4) is 0 Å². The van der Waals surface area contributed by atoms with Crippen LogP contribution in [-0.2, 0) is 45.7 Å². The van der Waals surface area contributed by atoms with Crippen molar-refractivity contribution in [1.29, 1.82) is 0 Å². The van der Waals surface area contributed by atoms with Crippen molar-refractivity contribution in [2.24, 2.45) is 13.0 Å². The lowest BCUT2D eigenvalue weighted by Crippen LogP contribution is -2.58. The van der Waals surface area contributed by atoms with E-state index in [1.165, 1.54) is 24.3 Å². The molecular weight excluding hydrogens is 706 g/mol. The predicted octanol–water partition coefficient (Wildman–Crippen LogP) is 4.64. The van der Waals surface area contributed by atoms with Gasteiger partial charge in [0.15, 0.2) is 0 Å². The highest BCUT2D eigenvalue weighted by Crippen LogP contribution is 2.22. The first-order chi connectivity index (χ1) is 26.5.